The number of hydrogen-bond acceptors (Lipinski definition) is 7. The number of nitrogens with zero attached hydrogens (tertiary/aromatic N) is 2. The maximum atomic E-state index is 13.6. The lowest BCUT2D eigenvalue weighted by molar-refractivity contribution is 0.242. The molecule has 1 aliphatic heterocycles. The van der Waals surface area contributed by atoms with Gasteiger partial charge in [-0.3, -0.25) is 4.79 Å². The van der Waals surface area contributed by atoms with E-state index in [-0.39, 0.29) is 23.1 Å². The zero-order valence-corrected chi connectivity index (χ0v) is 21.0. The third-order valence-corrected chi connectivity index (χ3v) is 8.00. The topological polar surface area (TPSA) is 114 Å². The number of nitrogens with two attached hydrogens (primary N) is 1. The molecule has 0 unspecified atom stereocenters. The normalized spacial score (nSPS) is 17.4. The number of aromatic amines is 1. The number of aromatic nitrogens is 2. The largest absolute Gasteiger partial charge is 0.491 e. The molecule has 1 aliphatic carbocycles. The summed E-state index contributed by atoms with van der Waals surface area (Å²) in [6, 6.07) is 11.8. The van der Waals surface area contributed by atoms with Crippen LogP contribution in [0.1, 0.15) is 61.4 Å². The van der Waals surface area contributed by atoms with E-state index in [1.807, 2.05) is 38.1 Å². The summed E-state index contributed by atoms with van der Waals surface area (Å²) in [5.74, 6) is 0.507. The highest BCUT2D eigenvalue weighted by molar-refractivity contribution is 7.25. The van der Waals surface area contributed by atoms with E-state index in [4.69, 9.17) is 20.2 Å². The lowest BCUT2D eigenvalue weighted by Gasteiger charge is -2.26. The molecule has 3 aromatic heterocycles. The summed E-state index contributed by atoms with van der Waals surface area (Å²) in [6.07, 6.45) is 5.52. The van der Waals surface area contributed by atoms with Crippen molar-refractivity contribution in [1.29, 1.82) is 5.26 Å². The Kier molecular flexibility index (Phi) is 5.45. The van der Waals surface area contributed by atoms with Gasteiger partial charge in [-0.05, 0) is 68.9 Å². The number of nitrogens with one attached hydrogen (secondary N) is 1. The molecule has 2 aliphatic rings. The zero-order valence-electron chi connectivity index (χ0n) is 20.2. The standard InChI is InChI=1S/C28H26N4O3S/c1-14(2)34-17-10-8-15(9-11-17)21-19(13-29)26(30)35-24-22(21)27(33)32-23-18-12-16-6-4-3-5-7-20(16)31-28(18)36-25(23)24/h8-12,14,21H,3-7,30H2,1-2H3,(H,32,33)/t21-/m0/s1. The van der Waals surface area contributed by atoms with E-state index in [0.29, 0.717) is 16.8 Å². The highest BCUT2D eigenvalue weighted by atomic mass is 32.1. The molecular weight excluding hydrogens is 472 g/mol. The highest BCUT2D eigenvalue weighted by Crippen LogP contribution is 2.47. The summed E-state index contributed by atoms with van der Waals surface area (Å²) in [5.41, 5.74) is 10.5. The second-order valence-electron chi connectivity index (χ2n) is 9.67. The van der Waals surface area contributed by atoms with Crippen LogP contribution in [0.15, 0.2) is 46.6 Å². The number of H-pyrrole nitrogens is 1. The highest BCUT2D eigenvalue weighted by Gasteiger charge is 2.35. The molecule has 4 aromatic rings. The van der Waals surface area contributed by atoms with Gasteiger partial charge in [-0.1, -0.05) is 18.6 Å². The van der Waals surface area contributed by atoms with Crippen LogP contribution >= 0.6 is 11.3 Å². The first-order chi connectivity index (χ1) is 17.4. The minimum atomic E-state index is -0.644. The molecule has 0 bridgehead atoms. The molecule has 0 saturated carbocycles. The molecular formula is C28H26N4O3S. The molecule has 3 N–H and O–H groups in total. The number of nitriles is 1. The van der Waals surface area contributed by atoms with Crippen LogP contribution in [-0.4, -0.2) is 16.1 Å². The molecule has 182 valence electrons. The predicted octanol–water partition coefficient (Wildman–Crippen LogP) is 5.41. The Labute approximate surface area is 212 Å². The van der Waals surface area contributed by atoms with Crippen LogP contribution in [-0.2, 0) is 12.8 Å². The lowest BCUT2D eigenvalue weighted by atomic mass is 9.84. The Balaban J connectivity index is 1.56. The van der Waals surface area contributed by atoms with Crippen molar-refractivity contribution in [2.75, 3.05) is 0 Å². The maximum Gasteiger partial charge on any atom is 0.256 e. The van der Waals surface area contributed by atoms with Crippen LogP contribution in [0.25, 0.3) is 20.4 Å². The molecule has 0 amide bonds. The predicted molar refractivity (Wildman–Crippen MR) is 141 cm³/mol. The quantitative estimate of drug-likeness (QED) is 0.365. The average molecular weight is 499 g/mol. The zero-order chi connectivity index (χ0) is 25.0. The molecule has 1 atom stereocenters. The van der Waals surface area contributed by atoms with E-state index >= 15 is 0 Å². The first-order valence-electron chi connectivity index (χ1n) is 12.3. The number of benzene rings is 1. The van der Waals surface area contributed by atoms with Gasteiger partial charge in [0.1, 0.15) is 22.2 Å². The van der Waals surface area contributed by atoms with Crippen molar-refractivity contribution in [1.82, 2.24) is 9.97 Å². The van der Waals surface area contributed by atoms with Crippen LogP contribution in [0.5, 0.6) is 11.5 Å². The Morgan fingerprint density at radius 1 is 1.22 bits per heavy atom. The fraction of sp³-hybridized carbons (Fsp3) is 0.321. The number of ether oxygens (including phenoxy) is 2. The summed E-state index contributed by atoms with van der Waals surface area (Å²) < 4.78 is 12.6. The van der Waals surface area contributed by atoms with Gasteiger partial charge in [0.25, 0.3) is 5.56 Å². The van der Waals surface area contributed by atoms with E-state index in [9.17, 15) is 10.1 Å². The number of thiophene rings is 1. The Morgan fingerprint density at radius 3 is 2.75 bits per heavy atom. The number of aryl methyl sites for hydroxylation is 2. The molecule has 0 saturated heterocycles. The van der Waals surface area contributed by atoms with Gasteiger partial charge in [-0.15, -0.1) is 11.3 Å². The van der Waals surface area contributed by atoms with Crippen molar-refractivity contribution in [2.24, 2.45) is 5.73 Å². The van der Waals surface area contributed by atoms with E-state index in [0.717, 1.165) is 57.6 Å². The number of hydrogen-bond donors (Lipinski definition) is 2. The number of fused-ring (bicyclic) bond motifs is 6. The van der Waals surface area contributed by atoms with Crippen LogP contribution < -0.4 is 20.8 Å². The Bertz CT molecular complexity index is 1640. The van der Waals surface area contributed by atoms with Gasteiger partial charge >= 0.3 is 0 Å². The van der Waals surface area contributed by atoms with Gasteiger partial charge in [-0.2, -0.15) is 5.26 Å². The monoisotopic (exact) mass is 498 g/mol. The summed E-state index contributed by atoms with van der Waals surface area (Å²) in [7, 11) is 0. The molecule has 4 heterocycles. The molecule has 1 aromatic carbocycles. The molecule has 8 heteroatoms. The van der Waals surface area contributed by atoms with Gasteiger partial charge < -0.3 is 20.2 Å². The van der Waals surface area contributed by atoms with Crippen LogP contribution in [0.4, 0.5) is 0 Å². The van der Waals surface area contributed by atoms with Crippen molar-refractivity contribution in [3.63, 3.8) is 0 Å². The fourth-order valence-corrected chi connectivity index (χ4v) is 6.42. The lowest BCUT2D eigenvalue weighted by Crippen LogP contribution is -2.27. The molecule has 7 nitrogen and oxygen atoms in total. The van der Waals surface area contributed by atoms with Crippen LogP contribution in [0, 0.1) is 11.3 Å². The van der Waals surface area contributed by atoms with Gasteiger partial charge in [0.2, 0.25) is 5.88 Å². The van der Waals surface area contributed by atoms with E-state index in [2.05, 4.69) is 17.1 Å². The molecule has 36 heavy (non-hydrogen) atoms. The van der Waals surface area contributed by atoms with Crippen molar-refractivity contribution < 1.29 is 9.47 Å². The third kappa shape index (κ3) is 3.62. The van der Waals surface area contributed by atoms with Crippen LogP contribution in [0.2, 0.25) is 0 Å². The summed E-state index contributed by atoms with van der Waals surface area (Å²) >= 11 is 1.49. The SMILES string of the molecule is CC(C)Oc1ccc([C@H]2C(C#N)=C(N)Oc3c2c(=O)[nH]c2c3sc3nc4c(cc32)CCCCC4)cc1. The number of allylic oxidation sites excluding steroid dienone is 1. The first-order valence-corrected chi connectivity index (χ1v) is 13.1. The number of pyridine rings is 2. The van der Waals surface area contributed by atoms with Gasteiger partial charge in [-0.25, -0.2) is 4.98 Å². The summed E-state index contributed by atoms with van der Waals surface area (Å²) in [6.45, 7) is 3.92. The van der Waals surface area contributed by atoms with E-state index < -0.39 is 5.92 Å². The van der Waals surface area contributed by atoms with Gasteiger partial charge in [0.05, 0.1) is 27.8 Å². The minimum absolute atomic E-state index is 0.0191. The second-order valence-corrected chi connectivity index (χ2v) is 10.7. The van der Waals surface area contributed by atoms with Crippen molar-refractivity contribution in [2.45, 2.75) is 58.0 Å². The van der Waals surface area contributed by atoms with Gasteiger partial charge in [0.15, 0.2) is 5.75 Å². The van der Waals surface area contributed by atoms with Crippen molar-refractivity contribution in [3.8, 4) is 17.6 Å². The molecule has 6 rings (SSSR count). The summed E-state index contributed by atoms with van der Waals surface area (Å²) in [4.78, 5) is 22.5. The number of rotatable bonds is 3. The Morgan fingerprint density at radius 2 is 2.00 bits per heavy atom. The second kappa shape index (κ2) is 8.68. The molecule has 0 radical (unpaired) electrons. The molecule has 0 fully saturated rings. The van der Waals surface area contributed by atoms with Crippen molar-refractivity contribution >= 4 is 31.8 Å². The van der Waals surface area contributed by atoms with Crippen molar-refractivity contribution in [3.05, 3.63) is 74.5 Å². The van der Waals surface area contributed by atoms with Gasteiger partial charge in [0, 0.05) is 11.1 Å². The minimum Gasteiger partial charge on any atom is -0.491 e. The molecule has 0 spiro atoms. The maximum absolute atomic E-state index is 13.6. The van der Waals surface area contributed by atoms with E-state index in [1.165, 1.54) is 23.3 Å². The smallest absolute Gasteiger partial charge is 0.256 e. The fourth-order valence-electron chi connectivity index (χ4n) is 5.29. The first kappa shape index (κ1) is 22.6. The van der Waals surface area contributed by atoms with E-state index in [1.54, 1.807) is 0 Å². The Hall–Kier alpha value is -3.83. The summed E-state index contributed by atoms with van der Waals surface area (Å²) in [5, 5.41) is 10.9. The third-order valence-electron chi connectivity index (χ3n) is 6.91. The average Bonchev–Trinajstić information content (AvgIpc) is 3.03. The van der Waals surface area contributed by atoms with Crippen LogP contribution in [0.3, 0.4) is 0 Å².